The quantitative estimate of drug-likeness (QED) is 0.800. The van der Waals surface area contributed by atoms with Gasteiger partial charge in [0.2, 0.25) is 15.9 Å². The van der Waals surface area contributed by atoms with Crippen LogP contribution in [0.2, 0.25) is 0 Å². The Bertz CT molecular complexity index is 659. The summed E-state index contributed by atoms with van der Waals surface area (Å²) in [5.41, 5.74) is 0. The maximum atomic E-state index is 12.2. The van der Waals surface area contributed by atoms with Crippen molar-refractivity contribution in [2.75, 3.05) is 13.1 Å². The summed E-state index contributed by atoms with van der Waals surface area (Å²) in [5.74, 6) is 0.390. The summed E-state index contributed by atoms with van der Waals surface area (Å²) < 4.78 is 36.0. The Hall–Kier alpha value is -2.00. The molecule has 0 N–H and O–H groups in total. The smallest absolute Gasteiger partial charge is 0.248 e. The second kappa shape index (κ2) is 5.17. The molecule has 2 aromatic heterocycles. The van der Waals surface area contributed by atoms with E-state index in [-0.39, 0.29) is 17.5 Å². The lowest BCUT2D eigenvalue weighted by Gasteiger charge is -2.15. The molecule has 0 amide bonds. The molecule has 1 fully saturated rings. The van der Waals surface area contributed by atoms with Gasteiger partial charge in [0.1, 0.15) is 17.3 Å². The van der Waals surface area contributed by atoms with Crippen molar-refractivity contribution in [1.82, 2.24) is 19.7 Å². The van der Waals surface area contributed by atoms with Crippen molar-refractivity contribution in [3.05, 3.63) is 30.8 Å². The Balaban J connectivity index is 1.68. The fourth-order valence-corrected chi connectivity index (χ4v) is 3.35. The highest BCUT2D eigenvalue weighted by Gasteiger charge is 2.34. The summed E-state index contributed by atoms with van der Waals surface area (Å²) in [7, 11) is -3.56. The number of hydrogen-bond acceptors (Lipinski definition) is 7. The van der Waals surface area contributed by atoms with Crippen molar-refractivity contribution in [3.8, 4) is 5.88 Å². The molecular formula is C11H12N4O4S. The number of nitrogens with zero attached hydrogens (tertiary/aromatic N) is 4. The van der Waals surface area contributed by atoms with Gasteiger partial charge in [-0.2, -0.15) is 9.40 Å². The van der Waals surface area contributed by atoms with Gasteiger partial charge in [0, 0.05) is 18.8 Å². The van der Waals surface area contributed by atoms with Crippen molar-refractivity contribution < 1.29 is 17.7 Å². The zero-order valence-corrected chi connectivity index (χ0v) is 11.2. The molecule has 20 heavy (non-hydrogen) atoms. The molecule has 0 radical (unpaired) electrons. The van der Waals surface area contributed by atoms with Crippen LogP contribution in [-0.4, -0.2) is 47.3 Å². The minimum atomic E-state index is -3.56. The third-order valence-electron chi connectivity index (χ3n) is 2.99. The Morgan fingerprint density at radius 3 is 3.05 bits per heavy atom. The van der Waals surface area contributed by atoms with E-state index in [1.165, 1.54) is 10.5 Å². The fraction of sp³-hybridized carbons (Fsp3) is 0.364. The van der Waals surface area contributed by atoms with Gasteiger partial charge in [-0.15, -0.1) is 5.10 Å². The summed E-state index contributed by atoms with van der Waals surface area (Å²) >= 11 is 0. The molecule has 0 saturated carbocycles. The molecule has 0 aromatic carbocycles. The van der Waals surface area contributed by atoms with Crippen LogP contribution in [0.5, 0.6) is 5.88 Å². The van der Waals surface area contributed by atoms with Gasteiger partial charge < -0.3 is 9.26 Å². The number of rotatable bonds is 4. The Labute approximate surface area is 115 Å². The predicted molar refractivity (Wildman–Crippen MR) is 66.3 cm³/mol. The first kappa shape index (κ1) is 13.0. The third-order valence-corrected chi connectivity index (χ3v) is 4.80. The lowest BCUT2D eigenvalue weighted by atomic mass is 10.3. The van der Waals surface area contributed by atoms with Crippen LogP contribution in [0.25, 0.3) is 0 Å². The average Bonchev–Trinajstić information content (AvgIpc) is 3.11. The largest absolute Gasteiger partial charge is 0.472 e. The summed E-state index contributed by atoms with van der Waals surface area (Å²) in [6.07, 6.45) is 4.21. The maximum Gasteiger partial charge on any atom is 0.248 e. The molecule has 106 valence electrons. The van der Waals surface area contributed by atoms with E-state index in [1.807, 2.05) is 0 Å². The summed E-state index contributed by atoms with van der Waals surface area (Å²) in [5, 5.41) is 10.9. The maximum absolute atomic E-state index is 12.2. The van der Waals surface area contributed by atoms with Gasteiger partial charge >= 0.3 is 0 Å². The van der Waals surface area contributed by atoms with E-state index in [1.54, 1.807) is 18.3 Å². The van der Waals surface area contributed by atoms with E-state index in [0.29, 0.717) is 18.8 Å². The predicted octanol–water partition coefficient (Wildman–Crippen LogP) is 0.307. The van der Waals surface area contributed by atoms with E-state index < -0.39 is 10.0 Å². The van der Waals surface area contributed by atoms with Crippen LogP contribution in [0.1, 0.15) is 6.42 Å². The standard InChI is InChI=1S/C11H12N4O4S/c16-20(17,10-6-13-18-8-10)15-5-3-9(7-15)19-11-2-1-4-12-14-11/h1-2,4,6,8-9H,3,5,7H2. The van der Waals surface area contributed by atoms with Crippen LogP contribution in [0.15, 0.2) is 40.2 Å². The molecule has 8 nitrogen and oxygen atoms in total. The fourth-order valence-electron chi connectivity index (χ4n) is 2.00. The summed E-state index contributed by atoms with van der Waals surface area (Å²) in [6, 6.07) is 3.40. The molecule has 0 spiro atoms. The van der Waals surface area contributed by atoms with Crippen LogP contribution < -0.4 is 4.74 Å². The SMILES string of the molecule is O=S(=O)(c1cnoc1)N1CCC(Oc2cccnn2)C1. The van der Waals surface area contributed by atoms with E-state index in [2.05, 4.69) is 19.9 Å². The Morgan fingerprint density at radius 1 is 1.45 bits per heavy atom. The molecule has 1 saturated heterocycles. The van der Waals surface area contributed by atoms with Crippen LogP contribution in [-0.2, 0) is 10.0 Å². The topological polar surface area (TPSA) is 98.4 Å². The number of aromatic nitrogens is 3. The van der Waals surface area contributed by atoms with Crippen LogP contribution in [0.3, 0.4) is 0 Å². The number of sulfonamides is 1. The minimum absolute atomic E-state index is 0.0534. The molecule has 1 unspecified atom stereocenters. The molecule has 1 atom stereocenters. The van der Waals surface area contributed by atoms with Gasteiger partial charge in [-0.25, -0.2) is 8.42 Å². The first-order valence-corrected chi connectivity index (χ1v) is 7.44. The van der Waals surface area contributed by atoms with Crippen LogP contribution >= 0.6 is 0 Å². The van der Waals surface area contributed by atoms with Crippen LogP contribution in [0, 0.1) is 0 Å². The van der Waals surface area contributed by atoms with Gasteiger partial charge in [-0.1, -0.05) is 5.16 Å². The Kier molecular flexibility index (Phi) is 3.36. The van der Waals surface area contributed by atoms with E-state index >= 15 is 0 Å². The van der Waals surface area contributed by atoms with Crippen molar-refractivity contribution >= 4 is 10.0 Å². The molecule has 1 aliphatic heterocycles. The molecule has 0 bridgehead atoms. The van der Waals surface area contributed by atoms with Crippen LogP contribution in [0.4, 0.5) is 0 Å². The highest BCUT2D eigenvalue weighted by atomic mass is 32.2. The normalized spacial score (nSPS) is 20.1. The minimum Gasteiger partial charge on any atom is -0.472 e. The van der Waals surface area contributed by atoms with Gasteiger partial charge in [0.25, 0.3) is 0 Å². The molecular weight excluding hydrogens is 284 g/mol. The van der Waals surface area contributed by atoms with E-state index in [9.17, 15) is 8.42 Å². The highest BCUT2D eigenvalue weighted by molar-refractivity contribution is 7.89. The van der Waals surface area contributed by atoms with Gasteiger partial charge in [-0.3, -0.25) is 0 Å². The van der Waals surface area contributed by atoms with Crippen molar-refractivity contribution in [2.45, 2.75) is 17.4 Å². The molecule has 3 rings (SSSR count). The zero-order valence-electron chi connectivity index (χ0n) is 10.4. The lowest BCUT2D eigenvalue weighted by molar-refractivity contribution is 0.204. The summed E-state index contributed by atoms with van der Waals surface area (Å²) in [6.45, 7) is 0.655. The van der Waals surface area contributed by atoms with Crippen molar-refractivity contribution in [3.63, 3.8) is 0 Å². The lowest BCUT2D eigenvalue weighted by Crippen LogP contribution is -2.30. The molecule has 0 aliphatic carbocycles. The summed E-state index contributed by atoms with van der Waals surface area (Å²) in [4.78, 5) is 0.0534. The highest BCUT2D eigenvalue weighted by Crippen LogP contribution is 2.22. The molecule has 3 heterocycles. The number of hydrogen-bond donors (Lipinski definition) is 0. The second-order valence-electron chi connectivity index (χ2n) is 4.31. The average molecular weight is 296 g/mol. The van der Waals surface area contributed by atoms with Gasteiger partial charge in [0.05, 0.1) is 12.7 Å². The molecule has 1 aliphatic rings. The third kappa shape index (κ3) is 2.49. The first-order chi connectivity index (χ1) is 9.66. The monoisotopic (exact) mass is 296 g/mol. The van der Waals surface area contributed by atoms with Gasteiger partial charge in [-0.05, 0) is 12.5 Å². The molecule has 2 aromatic rings. The van der Waals surface area contributed by atoms with E-state index in [4.69, 9.17) is 4.74 Å². The Morgan fingerprint density at radius 2 is 2.35 bits per heavy atom. The first-order valence-electron chi connectivity index (χ1n) is 6.00. The van der Waals surface area contributed by atoms with Crippen molar-refractivity contribution in [2.24, 2.45) is 0 Å². The van der Waals surface area contributed by atoms with Crippen molar-refractivity contribution in [1.29, 1.82) is 0 Å². The molecule has 9 heteroatoms. The second-order valence-corrected chi connectivity index (χ2v) is 6.25. The zero-order chi connectivity index (χ0) is 14.0. The number of ether oxygens (including phenoxy) is 1. The van der Waals surface area contributed by atoms with Gasteiger partial charge in [0.15, 0.2) is 0 Å². The van der Waals surface area contributed by atoms with E-state index in [0.717, 1.165) is 6.26 Å².